The Hall–Kier alpha value is -0.570. The number of hydrogen-bond acceptors (Lipinski definition) is 3. The molecule has 0 amide bonds. The van der Waals surface area contributed by atoms with Crippen LogP contribution in [0.5, 0.6) is 0 Å². The molecule has 0 spiro atoms. The Morgan fingerprint density at radius 2 is 1.80 bits per heavy atom. The number of esters is 1. The van der Waals surface area contributed by atoms with Gasteiger partial charge in [0, 0.05) is 12.8 Å². The molecule has 1 unspecified atom stereocenters. The van der Waals surface area contributed by atoms with Crippen molar-refractivity contribution in [1.29, 1.82) is 0 Å². The standard InChI is InChI=1S/C22H36O3/c1-14-7-8-17-18-19-21(5,12-9-16(14)20(17,3)4)10-6-11-22(19,13-24-18)25-15(2)23/h14,16-19H,6-13H2,1-5H3/t14-,16+,17-,18?,19+,21+,22+/m1/s1. The zero-order chi connectivity index (χ0) is 18.0. The van der Waals surface area contributed by atoms with Crippen molar-refractivity contribution >= 4 is 5.97 Å². The number of rotatable bonds is 1. The maximum Gasteiger partial charge on any atom is 0.303 e. The molecule has 3 aliphatic carbocycles. The Morgan fingerprint density at radius 3 is 2.52 bits per heavy atom. The van der Waals surface area contributed by atoms with Crippen LogP contribution in [0.25, 0.3) is 0 Å². The third-order valence-electron chi connectivity index (χ3n) is 8.82. The average molecular weight is 349 g/mol. The van der Waals surface area contributed by atoms with Gasteiger partial charge in [-0.2, -0.15) is 0 Å². The van der Waals surface area contributed by atoms with E-state index in [0.717, 1.165) is 24.7 Å². The van der Waals surface area contributed by atoms with E-state index in [-0.39, 0.29) is 23.1 Å². The second-order valence-corrected chi connectivity index (χ2v) is 10.5. The Labute approximate surface area is 153 Å². The highest BCUT2D eigenvalue weighted by Crippen LogP contribution is 2.64. The molecule has 4 fully saturated rings. The number of hydrogen-bond donors (Lipinski definition) is 0. The van der Waals surface area contributed by atoms with Crippen LogP contribution in [0.4, 0.5) is 0 Å². The van der Waals surface area contributed by atoms with E-state index in [0.29, 0.717) is 23.9 Å². The van der Waals surface area contributed by atoms with Crippen LogP contribution in [0.15, 0.2) is 0 Å². The van der Waals surface area contributed by atoms with Crippen LogP contribution in [-0.2, 0) is 14.3 Å². The second kappa shape index (κ2) is 5.71. The third kappa shape index (κ3) is 2.51. The SMILES string of the molecule is CC(=O)O[C@@]12CCC[C@@]3(C)CC[C@H]4[C@H](C)CC[C@H](C(OC1)[C@@H]32)C4(C)C. The summed E-state index contributed by atoms with van der Waals surface area (Å²) in [4.78, 5) is 11.9. The molecule has 2 bridgehead atoms. The normalized spacial score (nSPS) is 51.2. The van der Waals surface area contributed by atoms with Crippen molar-refractivity contribution in [2.24, 2.45) is 34.5 Å². The molecule has 3 heteroatoms. The minimum absolute atomic E-state index is 0.134. The number of ether oxygens (including phenoxy) is 2. The molecule has 3 nitrogen and oxygen atoms in total. The van der Waals surface area contributed by atoms with E-state index < -0.39 is 0 Å². The van der Waals surface area contributed by atoms with Gasteiger partial charge in [0.1, 0.15) is 5.60 Å². The maximum absolute atomic E-state index is 11.9. The number of fused-ring (bicyclic) bond motifs is 3. The summed E-state index contributed by atoms with van der Waals surface area (Å²) in [7, 11) is 0. The second-order valence-electron chi connectivity index (χ2n) is 10.5. The van der Waals surface area contributed by atoms with Crippen LogP contribution in [0.2, 0.25) is 0 Å². The smallest absolute Gasteiger partial charge is 0.303 e. The van der Waals surface area contributed by atoms with Crippen LogP contribution in [0, 0.1) is 34.5 Å². The fourth-order valence-electron chi connectivity index (χ4n) is 7.74. The lowest BCUT2D eigenvalue weighted by atomic mass is 9.47. The summed E-state index contributed by atoms with van der Waals surface area (Å²) in [5, 5.41) is 0. The Kier molecular flexibility index (Phi) is 4.07. The molecule has 1 saturated heterocycles. The summed E-state index contributed by atoms with van der Waals surface area (Å²) in [5.41, 5.74) is 0.196. The van der Waals surface area contributed by atoms with Crippen LogP contribution >= 0.6 is 0 Å². The average Bonchev–Trinajstić information content (AvgIpc) is 2.85. The largest absolute Gasteiger partial charge is 0.456 e. The zero-order valence-electron chi connectivity index (χ0n) is 16.8. The van der Waals surface area contributed by atoms with Crippen molar-refractivity contribution in [3.8, 4) is 0 Å². The van der Waals surface area contributed by atoms with Gasteiger partial charge in [-0.15, -0.1) is 0 Å². The lowest BCUT2D eigenvalue weighted by Gasteiger charge is -2.58. The third-order valence-corrected chi connectivity index (χ3v) is 8.82. The van der Waals surface area contributed by atoms with Crippen molar-refractivity contribution in [3.63, 3.8) is 0 Å². The lowest BCUT2D eigenvalue weighted by Crippen LogP contribution is -2.59. The zero-order valence-corrected chi connectivity index (χ0v) is 16.8. The van der Waals surface area contributed by atoms with Gasteiger partial charge in [-0.05, 0) is 67.1 Å². The molecular weight excluding hydrogens is 312 g/mol. The molecule has 0 N–H and O–H groups in total. The maximum atomic E-state index is 11.9. The quantitative estimate of drug-likeness (QED) is 0.627. The van der Waals surface area contributed by atoms with E-state index in [2.05, 4.69) is 27.7 Å². The molecule has 4 aliphatic rings. The van der Waals surface area contributed by atoms with E-state index in [4.69, 9.17) is 9.47 Å². The predicted molar refractivity (Wildman–Crippen MR) is 98.1 cm³/mol. The molecule has 142 valence electrons. The molecule has 0 aromatic rings. The summed E-state index contributed by atoms with van der Waals surface area (Å²) in [5.74, 6) is 2.43. The summed E-state index contributed by atoms with van der Waals surface area (Å²) in [6.45, 7) is 12.1. The highest BCUT2D eigenvalue weighted by atomic mass is 16.6. The van der Waals surface area contributed by atoms with Crippen LogP contribution in [-0.4, -0.2) is 24.3 Å². The van der Waals surface area contributed by atoms with Crippen molar-refractivity contribution in [1.82, 2.24) is 0 Å². The summed E-state index contributed by atoms with van der Waals surface area (Å²) in [6.07, 6.45) is 8.82. The molecule has 1 heterocycles. The van der Waals surface area contributed by atoms with Gasteiger partial charge >= 0.3 is 5.97 Å². The van der Waals surface area contributed by atoms with Gasteiger partial charge in [0.15, 0.2) is 0 Å². The van der Waals surface area contributed by atoms with E-state index in [1.807, 2.05) is 0 Å². The molecule has 0 radical (unpaired) electrons. The Bertz CT molecular complexity index is 555. The van der Waals surface area contributed by atoms with Gasteiger partial charge in [-0.25, -0.2) is 0 Å². The molecule has 0 aromatic carbocycles. The van der Waals surface area contributed by atoms with Crippen LogP contribution in [0.1, 0.15) is 79.6 Å². The van der Waals surface area contributed by atoms with Crippen LogP contribution in [0.3, 0.4) is 0 Å². The van der Waals surface area contributed by atoms with E-state index in [9.17, 15) is 4.79 Å². The molecule has 25 heavy (non-hydrogen) atoms. The van der Waals surface area contributed by atoms with Crippen molar-refractivity contribution in [2.45, 2.75) is 91.3 Å². The monoisotopic (exact) mass is 348 g/mol. The van der Waals surface area contributed by atoms with E-state index in [1.165, 1.54) is 32.1 Å². The fraction of sp³-hybridized carbons (Fsp3) is 0.955. The number of carbonyl (C=O) groups excluding carboxylic acids is 1. The van der Waals surface area contributed by atoms with Crippen molar-refractivity contribution < 1.29 is 14.3 Å². The van der Waals surface area contributed by atoms with Crippen molar-refractivity contribution in [2.75, 3.05) is 6.61 Å². The van der Waals surface area contributed by atoms with Gasteiger partial charge in [0.2, 0.25) is 0 Å². The van der Waals surface area contributed by atoms with E-state index >= 15 is 0 Å². The van der Waals surface area contributed by atoms with Gasteiger partial charge in [0.25, 0.3) is 0 Å². The minimum Gasteiger partial charge on any atom is -0.456 e. The summed E-state index contributed by atoms with van der Waals surface area (Å²) in [6, 6.07) is 0. The van der Waals surface area contributed by atoms with Gasteiger partial charge in [0.05, 0.1) is 12.7 Å². The lowest BCUT2D eigenvalue weighted by molar-refractivity contribution is -0.179. The van der Waals surface area contributed by atoms with Gasteiger partial charge < -0.3 is 9.47 Å². The predicted octanol–water partition coefficient (Wildman–Crippen LogP) is 4.98. The van der Waals surface area contributed by atoms with Gasteiger partial charge in [-0.3, -0.25) is 4.79 Å². The summed E-state index contributed by atoms with van der Waals surface area (Å²) >= 11 is 0. The molecule has 0 aromatic heterocycles. The highest BCUT2D eigenvalue weighted by Gasteiger charge is 2.65. The summed E-state index contributed by atoms with van der Waals surface area (Å²) < 4.78 is 12.6. The first-order chi connectivity index (χ1) is 11.7. The van der Waals surface area contributed by atoms with Gasteiger partial charge in [-0.1, -0.05) is 34.1 Å². The highest BCUT2D eigenvalue weighted by molar-refractivity contribution is 5.66. The Morgan fingerprint density at radius 1 is 1.04 bits per heavy atom. The minimum atomic E-state index is -0.366. The first-order valence-electron chi connectivity index (χ1n) is 10.5. The molecule has 7 atom stereocenters. The topological polar surface area (TPSA) is 35.5 Å². The van der Waals surface area contributed by atoms with E-state index in [1.54, 1.807) is 6.92 Å². The molecular formula is C22H36O3. The van der Waals surface area contributed by atoms with Crippen molar-refractivity contribution in [3.05, 3.63) is 0 Å². The molecule has 1 aliphatic heterocycles. The number of carbonyl (C=O) groups is 1. The first-order valence-corrected chi connectivity index (χ1v) is 10.5. The molecule has 3 saturated carbocycles. The molecule has 4 rings (SSSR count). The Balaban J connectivity index is 1.78. The van der Waals surface area contributed by atoms with Crippen LogP contribution < -0.4 is 0 Å². The first kappa shape index (κ1) is 17.8. The fourth-order valence-corrected chi connectivity index (χ4v) is 7.74.